The van der Waals surface area contributed by atoms with Gasteiger partial charge >= 0.3 is 0 Å². The maximum Gasteiger partial charge on any atom is 0.175 e. The maximum absolute atomic E-state index is 11.4. The molecule has 0 heterocycles. The second-order valence-corrected chi connectivity index (χ2v) is 7.96. The van der Waals surface area contributed by atoms with Gasteiger partial charge in [0.2, 0.25) is 0 Å². The second kappa shape index (κ2) is 6.81. The van der Waals surface area contributed by atoms with Crippen LogP contribution in [0, 0.1) is 11.8 Å². The average Bonchev–Trinajstić information content (AvgIpc) is 2.45. The number of rotatable bonds is 5. The summed E-state index contributed by atoms with van der Waals surface area (Å²) in [6.45, 7) is 0.912. The molecule has 1 aliphatic rings. The minimum atomic E-state index is -3.11. The molecule has 1 saturated carbocycles. The normalized spacial score (nSPS) is 23.5. The summed E-state index contributed by atoms with van der Waals surface area (Å²) in [6, 6.07) is 6.96. The van der Waals surface area contributed by atoms with E-state index in [0.717, 1.165) is 18.1 Å². The topological polar surface area (TPSA) is 46.2 Å². The third kappa shape index (κ3) is 4.13. The minimum absolute atomic E-state index is 0.361. The predicted octanol–water partition coefficient (Wildman–Crippen LogP) is 3.55. The first-order valence-corrected chi connectivity index (χ1v) is 9.53. The number of sulfone groups is 1. The fraction of sp³-hybridized carbons (Fsp3) is 0.600. The van der Waals surface area contributed by atoms with Crippen LogP contribution >= 0.6 is 11.6 Å². The van der Waals surface area contributed by atoms with Crippen molar-refractivity contribution in [3.05, 3.63) is 24.3 Å². The van der Waals surface area contributed by atoms with Crippen LogP contribution in [0.5, 0.6) is 0 Å². The zero-order valence-corrected chi connectivity index (χ0v) is 13.4. The SMILES string of the molecule is CS(=O)(=O)c1ccc(NCC2CCCCC2CCl)cc1. The van der Waals surface area contributed by atoms with Crippen LogP contribution in [-0.2, 0) is 9.84 Å². The molecule has 0 aliphatic heterocycles. The van der Waals surface area contributed by atoms with Crippen LogP contribution in [0.2, 0.25) is 0 Å². The molecule has 2 rings (SSSR count). The molecule has 0 bridgehead atoms. The van der Waals surface area contributed by atoms with E-state index in [0.29, 0.717) is 16.7 Å². The number of nitrogens with one attached hydrogen (secondary N) is 1. The van der Waals surface area contributed by atoms with Crippen molar-refractivity contribution < 1.29 is 8.42 Å². The highest BCUT2D eigenvalue weighted by molar-refractivity contribution is 7.90. The Morgan fingerprint density at radius 1 is 1.15 bits per heavy atom. The first kappa shape index (κ1) is 15.6. The minimum Gasteiger partial charge on any atom is -0.385 e. The van der Waals surface area contributed by atoms with E-state index in [1.165, 1.54) is 31.9 Å². The van der Waals surface area contributed by atoms with Gasteiger partial charge in [-0.25, -0.2) is 8.42 Å². The molecule has 0 radical (unpaired) electrons. The van der Waals surface area contributed by atoms with Gasteiger partial charge in [-0.05, 0) is 48.9 Å². The van der Waals surface area contributed by atoms with Crippen LogP contribution in [0.3, 0.4) is 0 Å². The van der Waals surface area contributed by atoms with E-state index < -0.39 is 9.84 Å². The Morgan fingerprint density at radius 3 is 2.30 bits per heavy atom. The van der Waals surface area contributed by atoms with Crippen LogP contribution in [-0.4, -0.2) is 27.1 Å². The first-order valence-electron chi connectivity index (χ1n) is 7.10. The van der Waals surface area contributed by atoms with Gasteiger partial charge in [0, 0.05) is 24.4 Å². The molecule has 0 aromatic heterocycles. The molecular formula is C15H22ClNO2S. The standard InChI is InChI=1S/C15H22ClNO2S/c1-20(18,19)15-8-6-14(7-9-15)17-11-13-5-3-2-4-12(13)10-16/h6-9,12-13,17H,2-5,10-11H2,1H3. The molecule has 1 fully saturated rings. The third-order valence-corrected chi connectivity index (χ3v) is 5.64. The van der Waals surface area contributed by atoms with Gasteiger partial charge in [0.05, 0.1) is 4.90 Å². The number of halogens is 1. The van der Waals surface area contributed by atoms with E-state index in [-0.39, 0.29) is 0 Å². The number of benzene rings is 1. The van der Waals surface area contributed by atoms with Crippen molar-refractivity contribution in [2.75, 3.05) is 24.0 Å². The highest BCUT2D eigenvalue weighted by atomic mass is 35.5. The van der Waals surface area contributed by atoms with Crippen molar-refractivity contribution >= 4 is 27.1 Å². The van der Waals surface area contributed by atoms with Crippen LogP contribution in [0.1, 0.15) is 25.7 Å². The number of hydrogen-bond donors (Lipinski definition) is 1. The molecule has 3 nitrogen and oxygen atoms in total. The lowest BCUT2D eigenvalue weighted by molar-refractivity contribution is 0.272. The lowest BCUT2D eigenvalue weighted by Crippen LogP contribution is -2.27. The Bertz CT molecular complexity index is 527. The molecule has 1 aromatic rings. The molecule has 1 aliphatic carbocycles. The smallest absolute Gasteiger partial charge is 0.175 e. The van der Waals surface area contributed by atoms with Crippen LogP contribution in [0.4, 0.5) is 5.69 Å². The molecule has 0 amide bonds. The van der Waals surface area contributed by atoms with E-state index in [2.05, 4.69) is 5.32 Å². The average molecular weight is 316 g/mol. The molecule has 0 saturated heterocycles. The molecule has 2 unspecified atom stereocenters. The van der Waals surface area contributed by atoms with Gasteiger partial charge in [-0.1, -0.05) is 12.8 Å². The Morgan fingerprint density at radius 2 is 1.75 bits per heavy atom. The quantitative estimate of drug-likeness (QED) is 0.845. The monoisotopic (exact) mass is 315 g/mol. The zero-order chi connectivity index (χ0) is 14.6. The first-order chi connectivity index (χ1) is 9.50. The van der Waals surface area contributed by atoms with Gasteiger partial charge in [-0.15, -0.1) is 11.6 Å². The highest BCUT2D eigenvalue weighted by Gasteiger charge is 2.23. The van der Waals surface area contributed by atoms with E-state index in [9.17, 15) is 8.42 Å². The van der Waals surface area contributed by atoms with E-state index >= 15 is 0 Å². The summed E-state index contributed by atoms with van der Waals surface area (Å²) in [5.74, 6) is 1.96. The largest absolute Gasteiger partial charge is 0.385 e. The van der Waals surface area contributed by atoms with Gasteiger partial charge in [0.15, 0.2) is 9.84 Å². The van der Waals surface area contributed by atoms with Crippen LogP contribution < -0.4 is 5.32 Å². The summed E-state index contributed by atoms with van der Waals surface area (Å²) in [4.78, 5) is 0.361. The van der Waals surface area contributed by atoms with E-state index in [4.69, 9.17) is 11.6 Å². The Hall–Kier alpha value is -0.740. The Kier molecular flexibility index (Phi) is 5.33. The highest BCUT2D eigenvalue weighted by Crippen LogP contribution is 2.31. The third-order valence-electron chi connectivity index (χ3n) is 4.12. The summed E-state index contributed by atoms with van der Waals surface area (Å²) in [5.41, 5.74) is 0.969. The molecule has 112 valence electrons. The van der Waals surface area contributed by atoms with Gasteiger partial charge in [0.25, 0.3) is 0 Å². The van der Waals surface area contributed by atoms with Crippen molar-refractivity contribution in [2.45, 2.75) is 30.6 Å². The summed E-state index contributed by atoms with van der Waals surface area (Å²) in [5, 5.41) is 3.40. The predicted molar refractivity (Wildman–Crippen MR) is 84.2 cm³/mol. The van der Waals surface area contributed by atoms with Crippen molar-refractivity contribution in [3.8, 4) is 0 Å². The molecule has 1 N–H and O–H groups in total. The number of alkyl halides is 1. The van der Waals surface area contributed by atoms with Crippen molar-refractivity contribution in [3.63, 3.8) is 0 Å². The molecule has 5 heteroatoms. The fourth-order valence-corrected chi connectivity index (χ4v) is 3.86. The Balaban J connectivity index is 1.93. The summed E-state index contributed by atoms with van der Waals surface area (Å²) in [6.07, 6.45) is 6.25. The van der Waals surface area contributed by atoms with Crippen molar-refractivity contribution in [1.82, 2.24) is 0 Å². The van der Waals surface area contributed by atoms with Crippen molar-refractivity contribution in [2.24, 2.45) is 11.8 Å². The van der Waals surface area contributed by atoms with E-state index in [1.807, 2.05) is 12.1 Å². The molecule has 0 spiro atoms. The lowest BCUT2D eigenvalue weighted by Gasteiger charge is -2.30. The summed E-state index contributed by atoms with van der Waals surface area (Å²) >= 11 is 6.03. The molecular weight excluding hydrogens is 294 g/mol. The van der Waals surface area contributed by atoms with Gasteiger partial charge in [-0.3, -0.25) is 0 Å². The molecule has 20 heavy (non-hydrogen) atoms. The zero-order valence-electron chi connectivity index (χ0n) is 11.8. The summed E-state index contributed by atoms with van der Waals surface area (Å²) in [7, 11) is -3.11. The number of anilines is 1. The van der Waals surface area contributed by atoms with Crippen LogP contribution in [0.15, 0.2) is 29.2 Å². The molecule has 2 atom stereocenters. The van der Waals surface area contributed by atoms with Gasteiger partial charge < -0.3 is 5.32 Å². The molecule has 1 aromatic carbocycles. The van der Waals surface area contributed by atoms with Gasteiger partial charge in [0.1, 0.15) is 0 Å². The lowest BCUT2D eigenvalue weighted by atomic mass is 9.80. The fourth-order valence-electron chi connectivity index (χ4n) is 2.83. The van der Waals surface area contributed by atoms with Crippen molar-refractivity contribution in [1.29, 1.82) is 0 Å². The van der Waals surface area contributed by atoms with Crippen LogP contribution in [0.25, 0.3) is 0 Å². The Labute approximate surface area is 126 Å². The number of hydrogen-bond acceptors (Lipinski definition) is 3. The summed E-state index contributed by atoms with van der Waals surface area (Å²) < 4.78 is 22.8. The van der Waals surface area contributed by atoms with Gasteiger partial charge in [-0.2, -0.15) is 0 Å². The second-order valence-electron chi connectivity index (χ2n) is 5.64. The maximum atomic E-state index is 11.4. The van der Waals surface area contributed by atoms with E-state index in [1.54, 1.807) is 12.1 Å².